The maximum absolute atomic E-state index is 11.8. The van der Waals surface area contributed by atoms with Gasteiger partial charge in [0.05, 0.1) is 13.2 Å². The Morgan fingerprint density at radius 1 is 1.20 bits per heavy atom. The zero-order chi connectivity index (χ0) is 16.9. The van der Waals surface area contributed by atoms with E-state index in [9.17, 15) is 4.79 Å². The highest BCUT2D eigenvalue weighted by atomic mass is 127. The number of likely N-dealkylation sites (N-methyl/N-ethyl adjacent to an activating group) is 1. The van der Waals surface area contributed by atoms with E-state index in [2.05, 4.69) is 20.1 Å². The third-order valence-electron chi connectivity index (χ3n) is 4.98. The Labute approximate surface area is 168 Å². The fourth-order valence-electron chi connectivity index (χ4n) is 3.25. The Bertz CT molecular complexity index is 464. The molecule has 0 aromatic heterocycles. The van der Waals surface area contributed by atoms with Crippen LogP contribution in [0, 0.1) is 5.92 Å². The Balaban J connectivity index is 0.00000225. The summed E-state index contributed by atoms with van der Waals surface area (Å²) in [6.07, 6.45) is 3.63. The van der Waals surface area contributed by atoms with Crippen molar-refractivity contribution < 1.29 is 9.53 Å². The minimum atomic E-state index is 0. The zero-order valence-corrected chi connectivity index (χ0v) is 17.8. The first-order valence-corrected chi connectivity index (χ1v) is 9.18. The van der Waals surface area contributed by atoms with Gasteiger partial charge >= 0.3 is 0 Å². The van der Waals surface area contributed by atoms with Crippen molar-refractivity contribution in [3.05, 3.63) is 0 Å². The highest BCUT2D eigenvalue weighted by Gasteiger charge is 2.30. The van der Waals surface area contributed by atoms with Crippen molar-refractivity contribution in [1.82, 2.24) is 20.0 Å². The fraction of sp³-hybridized carbons (Fsp3) is 0.882. The lowest BCUT2D eigenvalue weighted by atomic mass is 10.1. The van der Waals surface area contributed by atoms with E-state index < -0.39 is 0 Å². The van der Waals surface area contributed by atoms with Crippen molar-refractivity contribution in [2.24, 2.45) is 10.9 Å². The van der Waals surface area contributed by atoms with Crippen LogP contribution in [-0.2, 0) is 9.53 Å². The average molecular weight is 465 g/mol. The first kappa shape index (κ1) is 20.7. The van der Waals surface area contributed by atoms with Gasteiger partial charge in [0, 0.05) is 52.9 Å². The van der Waals surface area contributed by atoms with Crippen molar-refractivity contribution in [2.45, 2.75) is 25.3 Å². The second-order valence-corrected chi connectivity index (χ2v) is 7.36. The number of carbonyl (C=O) groups is 1. The normalized spacial score (nSPS) is 24.8. The number of rotatable bonds is 5. The minimum Gasteiger partial charge on any atom is -0.379 e. The Hall–Kier alpha value is -0.610. The average Bonchev–Trinajstić information content (AvgIpc) is 3.29. The molecule has 2 heterocycles. The van der Waals surface area contributed by atoms with Gasteiger partial charge in [0.15, 0.2) is 5.96 Å². The van der Waals surface area contributed by atoms with Crippen LogP contribution >= 0.6 is 24.0 Å². The van der Waals surface area contributed by atoms with Gasteiger partial charge in [-0.2, -0.15) is 0 Å². The van der Waals surface area contributed by atoms with Crippen LogP contribution in [0.1, 0.15) is 19.3 Å². The third-order valence-corrected chi connectivity index (χ3v) is 4.98. The lowest BCUT2D eigenvalue weighted by Gasteiger charge is -2.29. The van der Waals surface area contributed by atoms with Crippen LogP contribution in [0.2, 0.25) is 0 Å². The van der Waals surface area contributed by atoms with E-state index in [1.165, 1.54) is 19.3 Å². The first-order chi connectivity index (χ1) is 11.6. The summed E-state index contributed by atoms with van der Waals surface area (Å²) in [5.41, 5.74) is 0. The molecule has 3 fully saturated rings. The predicted molar refractivity (Wildman–Crippen MR) is 110 cm³/mol. The van der Waals surface area contributed by atoms with Crippen molar-refractivity contribution in [3.8, 4) is 0 Å². The number of hydrogen-bond acceptors (Lipinski definition) is 4. The van der Waals surface area contributed by atoms with Gasteiger partial charge in [-0.05, 0) is 25.2 Å². The molecule has 0 radical (unpaired) electrons. The molecule has 0 spiro atoms. The van der Waals surface area contributed by atoms with Crippen molar-refractivity contribution >= 4 is 35.8 Å². The number of aliphatic imine (C=N–C) groups is 1. The number of ether oxygens (including phenoxy) is 1. The third kappa shape index (κ3) is 6.56. The smallest absolute Gasteiger partial charge is 0.243 e. The van der Waals surface area contributed by atoms with Crippen molar-refractivity contribution in [2.75, 3.05) is 66.6 Å². The molecule has 144 valence electrons. The van der Waals surface area contributed by atoms with E-state index in [1.807, 2.05) is 0 Å². The molecule has 1 aliphatic carbocycles. The molecule has 0 aromatic rings. The molecule has 3 aliphatic rings. The molecule has 25 heavy (non-hydrogen) atoms. The summed E-state index contributed by atoms with van der Waals surface area (Å²) in [7, 11) is 3.56. The maximum Gasteiger partial charge on any atom is 0.243 e. The van der Waals surface area contributed by atoms with E-state index in [0.717, 1.165) is 51.9 Å². The van der Waals surface area contributed by atoms with Gasteiger partial charge in [0.25, 0.3) is 0 Å². The van der Waals surface area contributed by atoms with Crippen LogP contribution in [0.4, 0.5) is 0 Å². The second-order valence-electron chi connectivity index (χ2n) is 7.36. The molecule has 1 atom stereocenters. The second kappa shape index (κ2) is 9.91. The summed E-state index contributed by atoms with van der Waals surface area (Å²) < 4.78 is 5.43. The molecule has 3 rings (SSSR count). The van der Waals surface area contributed by atoms with Crippen LogP contribution in [0.5, 0.6) is 0 Å². The number of likely N-dealkylation sites (tertiary alicyclic amines) is 1. The van der Waals surface area contributed by atoms with Gasteiger partial charge in [-0.3, -0.25) is 9.69 Å². The standard InChI is InChI=1S/C17H31N5O2.HI/c1-20(2)16(23)11-18-17(19-15-3-4-15)22-6-5-14(13-22)12-21-7-9-24-10-8-21;/h14-15H,3-13H2,1-2H3,(H,18,19);1H. The summed E-state index contributed by atoms with van der Waals surface area (Å²) in [4.78, 5) is 22.9. The summed E-state index contributed by atoms with van der Waals surface area (Å²) in [6.45, 7) is 7.26. The predicted octanol–water partition coefficient (Wildman–Crippen LogP) is 0.455. The van der Waals surface area contributed by atoms with Crippen LogP contribution in [0.3, 0.4) is 0 Å². The molecule has 2 saturated heterocycles. The van der Waals surface area contributed by atoms with E-state index >= 15 is 0 Å². The van der Waals surface area contributed by atoms with Crippen LogP contribution in [-0.4, -0.2) is 99.2 Å². The van der Waals surface area contributed by atoms with Crippen LogP contribution in [0.15, 0.2) is 4.99 Å². The number of halogens is 1. The lowest BCUT2D eigenvalue weighted by Crippen LogP contribution is -2.43. The summed E-state index contributed by atoms with van der Waals surface area (Å²) in [6, 6.07) is 0.552. The van der Waals surface area contributed by atoms with Crippen LogP contribution in [0.25, 0.3) is 0 Å². The molecule has 1 saturated carbocycles. The van der Waals surface area contributed by atoms with E-state index in [4.69, 9.17) is 4.74 Å². The van der Waals surface area contributed by atoms with Gasteiger partial charge in [-0.1, -0.05) is 0 Å². The van der Waals surface area contributed by atoms with Gasteiger partial charge in [-0.15, -0.1) is 24.0 Å². The quantitative estimate of drug-likeness (QED) is 0.363. The topological polar surface area (TPSA) is 60.4 Å². The van der Waals surface area contributed by atoms with Gasteiger partial charge < -0.3 is 19.9 Å². The Morgan fingerprint density at radius 3 is 2.56 bits per heavy atom. The largest absolute Gasteiger partial charge is 0.379 e. The fourth-order valence-corrected chi connectivity index (χ4v) is 3.25. The Kier molecular flexibility index (Phi) is 8.21. The molecule has 0 aromatic carbocycles. The monoisotopic (exact) mass is 465 g/mol. The van der Waals surface area contributed by atoms with Crippen molar-refractivity contribution in [1.29, 1.82) is 0 Å². The zero-order valence-electron chi connectivity index (χ0n) is 15.4. The Morgan fingerprint density at radius 2 is 1.92 bits per heavy atom. The first-order valence-electron chi connectivity index (χ1n) is 9.18. The van der Waals surface area contributed by atoms with E-state index in [0.29, 0.717) is 12.0 Å². The number of nitrogens with zero attached hydrogens (tertiary/aromatic N) is 4. The molecular formula is C17H32IN5O2. The molecule has 1 N–H and O–H groups in total. The maximum atomic E-state index is 11.8. The molecular weight excluding hydrogens is 433 g/mol. The number of amides is 1. The number of morpholine rings is 1. The minimum absolute atomic E-state index is 0. The van der Waals surface area contributed by atoms with Crippen LogP contribution < -0.4 is 5.32 Å². The highest BCUT2D eigenvalue weighted by Crippen LogP contribution is 2.22. The molecule has 0 bridgehead atoms. The molecule has 2 aliphatic heterocycles. The molecule has 8 heteroatoms. The lowest BCUT2D eigenvalue weighted by molar-refractivity contribution is -0.127. The highest BCUT2D eigenvalue weighted by molar-refractivity contribution is 14.0. The van der Waals surface area contributed by atoms with Gasteiger partial charge in [0.2, 0.25) is 5.91 Å². The SMILES string of the molecule is CN(C)C(=O)CN=C(NC1CC1)N1CCC(CN2CCOCC2)C1.I. The van der Waals surface area contributed by atoms with Gasteiger partial charge in [0.1, 0.15) is 6.54 Å². The van der Waals surface area contributed by atoms with E-state index in [1.54, 1.807) is 19.0 Å². The number of hydrogen-bond donors (Lipinski definition) is 1. The van der Waals surface area contributed by atoms with Gasteiger partial charge in [-0.25, -0.2) is 4.99 Å². The van der Waals surface area contributed by atoms with Crippen molar-refractivity contribution in [3.63, 3.8) is 0 Å². The molecule has 1 unspecified atom stereocenters. The number of nitrogens with one attached hydrogen (secondary N) is 1. The number of guanidine groups is 1. The summed E-state index contributed by atoms with van der Waals surface area (Å²) in [5, 5.41) is 3.52. The molecule has 7 nitrogen and oxygen atoms in total. The van der Waals surface area contributed by atoms with E-state index in [-0.39, 0.29) is 36.4 Å². The summed E-state index contributed by atoms with van der Waals surface area (Å²) in [5.74, 6) is 1.66. The number of carbonyl (C=O) groups excluding carboxylic acids is 1. The summed E-state index contributed by atoms with van der Waals surface area (Å²) >= 11 is 0. The molecule has 1 amide bonds.